The van der Waals surface area contributed by atoms with Gasteiger partial charge in [0.05, 0.1) is 16.9 Å². The van der Waals surface area contributed by atoms with Crippen molar-refractivity contribution in [3.05, 3.63) is 108 Å². The first-order valence-electron chi connectivity index (χ1n) is 11.5. The lowest BCUT2D eigenvalue weighted by atomic mass is 10.1. The highest BCUT2D eigenvalue weighted by atomic mass is 32.2. The number of aryl methyl sites for hydroxylation is 1. The number of hydrogen-bond acceptors (Lipinski definition) is 6. The Hall–Kier alpha value is -4.36. The SMILES string of the molecule is Cc1nn(-c2ccccc2)c(Sc2cccc3cccnc23)c1/C=C/C(=O)c1ccc2c(c1)OCO2. The van der Waals surface area contributed by atoms with Gasteiger partial charge in [-0.2, -0.15) is 5.10 Å². The second-order valence-electron chi connectivity index (χ2n) is 8.25. The minimum atomic E-state index is -0.122. The van der Waals surface area contributed by atoms with E-state index in [1.54, 1.807) is 42.2 Å². The topological polar surface area (TPSA) is 66.2 Å². The molecular formula is C29H21N3O3S. The Morgan fingerprint density at radius 2 is 1.81 bits per heavy atom. The lowest BCUT2D eigenvalue weighted by Gasteiger charge is -2.10. The minimum Gasteiger partial charge on any atom is -0.454 e. The first-order chi connectivity index (χ1) is 17.7. The molecule has 1 aliphatic rings. The van der Waals surface area contributed by atoms with Gasteiger partial charge < -0.3 is 9.47 Å². The number of ether oxygens (including phenoxy) is 2. The predicted octanol–water partition coefficient (Wildman–Crippen LogP) is 6.50. The fourth-order valence-electron chi connectivity index (χ4n) is 4.12. The van der Waals surface area contributed by atoms with Crippen LogP contribution < -0.4 is 9.47 Å². The van der Waals surface area contributed by atoms with Crippen LogP contribution >= 0.6 is 11.8 Å². The molecule has 0 saturated carbocycles. The highest BCUT2D eigenvalue weighted by Gasteiger charge is 2.19. The van der Waals surface area contributed by atoms with Gasteiger partial charge in [-0.15, -0.1) is 0 Å². The number of hydrogen-bond donors (Lipinski definition) is 0. The molecule has 3 aromatic carbocycles. The molecule has 0 unspecified atom stereocenters. The van der Waals surface area contributed by atoms with Gasteiger partial charge in [0.15, 0.2) is 17.3 Å². The molecule has 176 valence electrons. The Morgan fingerprint density at radius 1 is 0.972 bits per heavy atom. The van der Waals surface area contributed by atoms with E-state index >= 15 is 0 Å². The molecule has 0 atom stereocenters. The molecule has 0 N–H and O–H groups in total. The van der Waals surface area contributed by atoms with Crippen LogP contribution in [0.2, 0.25) is 0 Å². The summed E-state index contributed by atoms with van der Waals surface area (Å²) in [7, 11) is 0. The zero-order valence-electron chi connectivity index (χ0n) is 19.4. The summed E-state index contributed by atoms with van der Waals surface area (Å²) in [6, 6.07) is 25.3. The third-order valence-corrected chi connectivity index (χ3v) is 7.06. The van der Waals surface area contributed by atoms with E-state index in [4.69, 9.17) is 14.6 Å². The fourth-order valence-corrected chi connectivity index (χ4v) is 5.30. The quantitative estimate of drug-likeness (QED) is 0.199. The summed E-state index contributed by atoms with van der Waals surface area (Å²) < 4.78 is 12.7. The number of carbonyl (C=O) groups excluding carboxylic acids is 1. The van der Waals surface area contributed by atoms with Crippen molar-refractivity contribution in [3.8, 4) is 17.2 Å². The molecule has 5 aromatic rings. The highest BCUT2D eigenvalue weighted by Crippen LogP contribution is 2.38. The van der Waals surface area contributed by atoms with E-state index in [1.807, 2.05) is 60.1 Å². The van der Waals surface area contributed by atoms with Crippen molar-refractivity contribution < 1.29 is 14.3 Å². The Bertz CT molecular complexity index is 1620. The molecule has 0 aliphatic carbocycles. The van der Waals surface area contributed by atoms with Crippen molar-refractivity contribution in [2.24, 2.45) is 0 Å². The predicted molar refractivity (Wildman–Crippen MR) is 140 cm³/mol. The molecule has 0 bridgehead atoms. The van der Waals surface area contributed by atoms with E-state index in [-0.39, 0.29) is 12.6 Å². The maximum Gasteiger partial charge on any atom is 0.231 e. The molecule has 0 fully saturated rings. The van der Waals surface area contributed by atoms with E-state index in [1.165, 1.54) is 0 Å². The van der Waals surface area contributed by atoms with Crippen molar-refractivity contribution in [1.29, 1.82) is 0 Å². The molecule has 0 saturated heterocycles. The average molecular weight is 492 g/mol. The molecule has 0 spiro atoms. The first kappa shape index (κ1) is 22.1. The van der Waals surface area contributed by atoms with Crippen LogP contribution in [0.3, 0.4) is 0 Å². The molecule has 6 nitrogen and oxygen atoms in total. The van der Waals surface area contributed by atoms with Gasteiger partial charge in [-0.3, -0.25) is 9.78 Å². The number of pyridine rings is 1. The number of allylic oxidation sites excluding steroid dienone is 1. The van der Waals surface area contributed by atoms with Gasteiger partial charge in [-0.05, 0) is 61.5 Å². The minimum absolute atomic E-state index is 0.122. The molecule has 1 aliphatic heterocycles. The van der Waals surface area contributed by atoms with Gasteiger partial charge in [-0.1, -0.05) is 48.2 Å². The summed E-state index contributed by atoms with van der Waals surface area (Å²) in [4.78, 5) is 18.7. The summed E-state index contributed by atoms with van der Waals surface area (Å²) in [5, 5.41) is 6.81. The zero-order chi connectivity index (χ0) is 24.5. The van der Waals surface area contributed by atoms with Crippen LogP contribution in [0.4, 0.5) is 0 Å². The second kappa shape index (κ2) is 9.36. The largest absolute Gasteiger partial charge is 0.454 e. The van der Waals surface area contributed by atoms with Crippen molar-refractivity contribution in [1.82, 2.24) is 14.8 Å². The van der Waals surface area contributed by atoms with Crippen molar-refractivity contribution >= 4 is 34.5 Å². The Balaban J connectivity index is 1.41. The number of aromatic nitrogens is 3. The van der Waals surface area contributed by atoms with Crippen LogP contribution in [0, 0.1) is 6.92 Å². The van der Waals surface area contributed by atoms with Crippen LogP contribution in [-0.2, 0) is 0 Å². The highest BCUT2D eigenvalue weighted by molar-refractivity contribution is 7.99. The lowest BCUT2D eigenvalue weighted by Crippen LogP contribution is -1.98. The smallest absolute Gasteiger partial charge is 0.231 e. The summed E-state index contributed by atoms with van der Waals surface area (Å²) in [5.41, 5.74) is 4.11. The number of carbonyl (C=O) groups is 1. The number of para-hydroxylation sites is 2. The Kier molecular flexibility index (Phi) is 5.75. The van der Waals surface area contributed by atoms with E-state index in [0.717, 1.165) is 37.8 Å². The van der Waals surface area contributed by atoms with E-state index < -0.39 is 0 Å². The molecule has 36 heavy (non-hydrogen) atoms. The van der Waals surface area contributed by atoms with Crippen molar-refractivity contribution in [2.75, 3.05) is 6.79 Å². The third-order valence-electron chi connectivity index (χ3n) is 5.92. The van der Waals surface area contributed by atoms with E-state index in [9.17, 15) is 4.79 Å². The first-order valence-corrected chi connectivity index (χ1v) is 12.3. The third kappa shape index (κ3) is 4.14. The van der Waals surface area contributed by atoms with E-state index in [0.29, 0.717) is 17.1 Å². The molecule has 2 aromatic heterocycles. The summed E-state index contributed by atoms with van der Waals surface area (Å²) >= 11 is 1.59. The fraction of sp³-hybridized carbons (Fsp3) is 0.0690. The summed E-state index contributed by atoms with van der Waals surface area (Å²) in [5.74, 6) is 1.11. The number of rotatable bonds is 6. The number of benzene rings is 3. The van der Waals surface area contributed by atoms with Crippen LogP contribution in [0.25, 0.3) is 22.7 Å². The molecule has 3 heterocycles. The van der Waals surface area contributed by atoms with Crippen LogP contribution in [0.1, 0.15) is 21.6 Å². The van der Waals surface area contributed by atoms with Crippen LogP contribution in [0.5, 0.6) is 11.5 Å². The number of fused-ring (bicyclic) bond motifs is 2. The van der Waals surface area contributed by atoms with Gasteiger partial charge in [-0.25, -0.2) is 4.68 Å². The van der Waals surface area contributed by atoms with Gasteiger partial charge in [0.25, 0.3) is 0 Å². The maximum absolute atomic E-state index is 13.0. The van der Waals surface area contributed by atoms with E-state index in [2.05, 4.69) is 23.2 Å². The monoisotopic (exact) mass is 491 g/mol. The molecule has 0 amide bonds. The Morgan fingerprint density at radius 3 is 2.69 bits per heavy atom. The number of ketones is 1. The van der Waals surface area contributed by atoms with Gasteiger partial charge in [0.1, 0.15) is 5.03 Å². The second-order valence-corrected chi connectivity index (χ2v) is 9.28. The van der Waals surface area contributed by atoms with Crippen LogP contribution in [-0.4, -0.2) is 27.3 Å². The molecular weight excluding hydrogens is 470 g/mol. The van der Waals surface area contributed by atoms with Crippen molar-refractivity contribution in [3.63, 3.8) is 0 Å². The number of nitrogens with zero attached hydrogens (tertiary/aromatic N) is 3. The van der Waals surface area contributed by atoms with Gasteiger partial charge >= 0.3 is 0 Å². The lowest BCUT2D eigenvalue weighted by molar-refractivity contribution is 0.104. The standard InChI is InChI=1S/C29H21N3O3S/c1-19-23(13-14-24(33)21-12-15-25-26(17-21)35-18-34-25)29(32(31-19)22-9-3-2-4-10-22)36-27-11-5-7-20-8-6-16-30-28(20)27/h2-17H,18H2,1H3/b14-13+. The van der Waals surface area contributed by atoms with Gasteiger partial charge in [0.2, 0.25) is 6.79 Å². The van der Waals surface area contributed by atoms with Crippen molar-refractivity contribution in [2.45, 2.75) is 16.8 Å². The zero-order valence-corrected chi connectivity index (χ0v) is 20.2. The van der Waals surface area contributed by atoms with Gasteiger partial charge in [0, 0.05) is 27.6 Å². The summed E-state index contributed by atoms with van der Waals surface area (Å²) in [6.07, 6.45) is 5.23. The molecule has 7 heteroatoms. The molecule has 0 radical (unpaired) electrons. The average Bonchev–Trinajstić information content (AvgIpc) is 3.51. The maximum atomic E-state index is 13.0. The molecule has 6 rings (SSSR count). The normalized spacial score (nSPS) is 12.5. The van der Waals surface area contributed by atoms with Crippen LogP contribution in [0.15, 0.2) is 101 Å². The summed E-state index contributed by atoms with van der Waals surface area (Å²) in [6.45, 7) is 2.12. The Labute approximate surface area is 212 Å².